The van der Waals surface area contributed by atoms with Crippen LogP contribution in [0.3, 0.4) is 0 Å². The van der Waals surface area contributed by atoms with E-state index in [2.05, 4.69) is 9.97 Å². The van der Waals surface area contributed by atoms with E-state index in [9.17, 15) is 4.79 Å². The summed E-state index contributed by atoms with van der Waals surface area (Å²) >= 11 is 0. The van der Waals surface area contributed by atoms with Gasteiger partial charge in [-0.05, 0) is 18.6 Å². The lowest BCUT2D eigenvalue weighted by atomic mass is 10.0. The Kier molecular flexibility index (Phi) is 3.71. The number of para-hydroxylation sites is 2. The molecule has 0 atom stereocenters. The van der Waals surface area contributed by atoms with E-state index in [1.807, 2.05) is 29.2 Å². The van der Waals surface area contributed by atoms with Crippen molar-refractivity contribution >= 4 is 16.9 Å². The van der Waals surface area contributed by atoms with Gasteiger partial charge in [0.25, 0.3) is 5.91 Å². The van der Waals surface area contributed by atoms with Gasteiger partial charge < -0.3 is 14.4 Å². The Labute approximate surface area is 134 Å². The largest absolute Gasteiger partial charge is 0.350 e. The Bertz CT molecular complexity index is 718. The monoisotopic (exact) mass is 313 g/mol. The molecule has 0 saturated carbocycles. The number of amides is 1. The Morgan fingerprint density at radius 2 is 1.78 bits per heavy atom. The van der Waals surface area contributed by atoms with Crippen LogP contribution in [0.4, 0.5) is 0 Å². The van der Waals surface area contributed by atoms with Crippen molar-refractivity contribution in [2.24, 2.45) is 0 Å². The molecule has 1 aromatic heterocycles. The highest BCUT2D eigenvalue weighted by atomic mass is 16.7. The lowest BCUT2D eigenvalue weighted by molar-refractivity contribution is -0.281. The molecule has 2 aromatic rings. The van der Waals surface area contributed by atoms with Crippen LogP contribution in [-0.2, 0) is 9.47 Å². The second-order valence-electron chi connectivity index (χ2n) is 6.00. The number of hydrogen-bond donors (Lipinski definition) is 0. The Morgan fingerprint density at radius 1 is 1.09 bits per heavy atom. The van der Waals surface area contributed by atoms with E-state index in [1.165, 1.54) is 0 Å². The van der Waals surface area contributed by atoms with Gasteiger partial charge in [0.05, 0.1) is 30.4 Å². The number of aromatic nitrogens is 2. The molecule has 6 nitrogen and oxygen atoms in total. The van der Waals surface area contributed by atoms with E-state index in [0.717, 1.165) is 30.7 Å². The molecule has 0 aliphatic carbocycles. The van der Waals surface area contributed by atoms with Crippen LogP contribution in [0.5, 0.6) is 0 Å². The van der Waals surface area contributed by atoms with Crippen LogP contribution in [0.1, 0.15) is 29.8 Å². The molecule has 2 fully saturated rings. The third-order valence-electron chi connectivity index (χ3n) is 4.50. The van der Waals surface area contributed by atoms with Crippen molar-refractivity contribution in [2.75, 3.05) is 26.3 Å². The first-order chi connectivity index (χ1) is 11.3. The van der Waals surface area contributed by atoms with Crippen molar-refractivity contribution < 1.29 is 14.3 Å². The highest BCUT2D eigenvalue weighted by molar-refractivity contribution is 5.93. The van der Waals surface area contributed by atoms with Crippen LogP contribution in [0.15, 0.2) is 30.5 Å². The fourth-order valence-electron chi connectivity index (χ4n) is 3.18. The summed E-state index contributed by atoms with van der Waals surface area (Å²) in [6.07, 6.45) is 3.92. The third-order valence-corrected chi connectivity index (χ3v) is 4.50. The predicted octanol–water partition coefficient (Wildman–Crippen LogP) is 2.00. The smallest absolute Gasteiger partial charge is 0.274 e. The molecule has 3 heterocycles. The topological polar surface area (TPSA) is 64.6 Å². The molecular weight excluding hydrogens is 294 g/mol. The molecule has 2 aliphatic heterocycles. The minimum Gasteiger partial charge on any atom is -0.350 e. The summed E-state index contributed by atoms with van der Waals surface area (Å²) in [7, 11) is 0. The van der Waals surface area contributed by atoms with Gasteiger partial charge >= 0.3 is 0 Å². The summed E-state index contributed by atoms with van der Waals surface area (Å²) in [5, 5.41) is 0. The van der Waals surface area contributed by atoms with Gasteiger partial charge in [0.2, 0.25) is 0 Å². The number of piperidine rings is 1. The van der Waals surface area contributed by atoms with Crippen LogP contribution in [0.25, 0.3) is 11.0 Å². The predicted molar refractivity (Wildman–Crippen MR) is 83.9 cm³/mol. The summed E-state index contributed by atoms with van der Waals surface area (Å²) in [6, 6.07) is 7.56. The molecule has 4 rings (SSSR count). The number of hydrogen-bond acceptors (Lipinski definition) is 5. The number of likely N-dealkylation sites (tertiary alicyclic amines) is 1. The van der Waals surface area contributed by atoms with Gasteiger partial charge in [0.15, 0.2) is 5.79 Å². The normalized spacial score (nSPS) is 20.8. The highest BCUT2D eigenvalue weighted by Crippen LogP contribution is 2.31. The SMILES string of the molecule is O=C(c1cnc2ccccc2n1)N1CCC2(CC1)OCCCO2. The quantitative estimate of drug-likeness (QED) is 0.805. The molecule has 2 aliphatic rings. The molecule has 0 radical (unpaired) electrons. The number of ether oxygens (including phenoxy) is 2. The fraction of sp³-hybridized carbons (Fsp3) is 0.471. The minimum atomic E-state index is -0.482. The Hall–Kier alpha value is -2.05. The van der Waals surface area contributed by atoms with E-state index in [0.29, 0.717) is 31.6 Å². The van der Waals surface area contributed by atoms with E-state index in [-0.39, 0.29) is 5.91 Å². The molecule has 6 heteroatoms. The van der Waals surface area contributed by atoms with Crippen LogP contribution in [0.2, 0.25) is 0 Å². The first kappa shape index (κ1) is 14.5. The maximum atomic E-state index is 12.7. The van der Waals surface area contributed by atoms with Gasteiger partial charge in [-0.25, -0.2) is 4.98 Å². The number of carbonyl (C=O) groups excluding carboxylic acids is 1. The van der Waals surface area contributed by atoms with E-state index >= 15 is 0 Å². The molecule has 0 N–H and O–H groups in total. The van der Waals surface area contributed by atoms with Gasteiger partial charge in [-0.15, -0.1) is 0 Å². The minimum absolute atomic E-state index is 0.0751. The number of rotatable bonds is 1. The van der Waals surface area contributed by atoms with Gasteiger partial charge in [-0.3, -0.25) is 9.78 Å². The molecule has 23 heavy (non-hydrogen) atoms. The summed E-state index contributed by atoms with van der Waals surface area (Å²) in [5.41, 5.74) is 1.93. The Morgan fingerprint density at radius 3 is 2.52 bits per heavy atom. The van der Waals surface area contributed by atoms with Crippen molar-refractivity contribution in [3.63, 3.8) is 0 Å². The molecule has 1 aromatic carbocycles. The summed E-state index contributed by atoms with van der Waals surface area (Å²) in [4.78, 5) is 23.2. The average molecular weight is 313 g/mol. The third kappa shape index (κ3) is 2.80. The van der Waals surface area contributed by atoms with Gasteiger partial charge in [0.1, 0.15) is 5.69 Å². The van der Waals surface area contributed by atoms with E-state index in [1.54, 1.807) is 6.20 Å². The van der Waals surface area contributed by atoms with Crippen LogP contribution < -0.4 is 0 Å². The van der Waals surface area contributed by atoms with E-state index < -0.39 is 5.79 Å². The molecule has 1 spiro atoms. The molecule has 2 saturated heterocycles. The zero-order chi connectivity index (χ0) is 15.7. The second-order valence-corrected chi connectivity index (χ2v) is 6.00. The lowest BCUT2D eigenvalue weighted by Gasteiger charge is -2.43. The zero-order valence-corrected chi connectivity index (χ0v) is 12.9. The van der Waals surface area contributed by atoms with Crippen molar-refractivity contribution in [3.8, 4) is 0 Å². The first-order valence-corrected chi connectivity index (χ1v) is 8.05. The summed E-state index contributed by atoms with van der Waals surface area (Å²) < 4.78 is 11.6. The van der Waals surface area contributed by atoms with Crippen molar-refractivity contribution in [1.82, 2.24) is 14.9 Å². The number of nitrogens with zero attached hydrogens (tertiary/aromatic N) is 3. The average Bonchev–Trinajstić information content (AvgIpc) is 2.62. The molecule has 1 amide bonds. The zero-order valence-electron chi connectivity index (χ0n) is 12.9. The van der Waals surface area contributed by atoms with Crippen LogP contribution >= 0.6 is 0 Å². The number of benzene rings is 1. The lowest BCUT2D eigenvalue weighted by Crippen LogP contribution is -2.51. The molecule has 120 valence electrons. The standard InChI is InChI=1S/C17H19N3O3/c21-16(15-12-18-13-4-1-2-5-14(13)19-15)20-8-6-17(7-9-20)22-10-3-11-23-17/h1-2,4-5,12H,3,6-11H2. The van der Waals surface area contributed by atoms with E-state index in [4.69, 9.17) is 9.47 Å². The maximum Gasteiger partial charge on any atom is 0.274 e. The van der Waals surface area contributed by atoms with Crippen LogP contribution in [-0.4, -0.2) is 52.9 Å². The van der Waals surface area contributed by atoms with Gasteiger partial charge in [-0.2, -0.15) is 0 Å². The number of carbonyl (C=O) groups is 1. The van der Waals surface area contributed by atoms with Crippen LogP contribution in [0, 0.1) is 0 Å². The number of fused-ring (bicyclic) bond motifs is 1. The highest BCUT2D eigenvalue weighted by Gasteiger charge is 2.39. The molecule has 0 unspecified atom stereocenters. The van der Waals surface area contributed by atoms with Crippen molar-refractivity contribution in [1.29, 1.82) is 0 Å². The molecule has 0 bridgehead atoms. The van der Waals surface area contributed by atoms with Gasteiger partial charge in [-0.1, -0.05) is 12.1 Å². The Balaban J connectivity index is 1.48. The fourth-order valence-corrected chi connectivity index (χ4v) is 3.18. The summed E-state index contributed by atoms with van der Waals surface area (Å²) in [6.45, 7) is 2.72. The summed E-state index contributed by atoms with van der Waals surface area (Å²) in [5.74, 6) is -0.557. The first-order valence-electron chi connectivity index (χ1n) is 8.05. The van der Waals surface area contributed by atoms with Gasteiger partial charge in [0, 0.05) is 25.9 Å². The molecular formula is C17H19N3O3. The second kappa shape index (κ2) is 5.86. The maximum absolute atomic E-state index is 12.7. The van der Waals surface area contributed by atoms with Crippen molar-refractivity contribution in [3.05, 3.63) is 36.2 Å². The van der Waals surface area contributed by atoms with Crippen molar-refractivity contribution in [2.45, 2.75) is 25.0 Å².